The molecule has 1 saturated heterocycles. The first-order valence-corrected chi connectivity index (χ1v) is 13.1. The Morgan fingerprint density at radius 2 is 1.66 bits per heavy atom. The highest BCUT2D eigenvalue weighted by Gasteiger charge is 2.39. The minimum absolute atomic E-state index is 0.121. The van der Waals surface area contributed by atoms with E-state index in [0.717, 1.165) is 61.2 Å². The van der Waals surface area contributed by atoms with Crippen molar-refractivity contribution in [3.8, 4) is 11.4 Å². The number of benzene rings is 2. The van der Waals surface area contributed by atoms with Crippen molar-refractivity contribution in [2.45, 2.75) is 44.7 Å². The number of anilines is 1. The van der Waals surface area contributed by atoms with E-state index in [4.69, 9.17) is 9.26 Å². The second-order valence-electron chi connectivity index (χ2n) is 9.00. The van der Waals surface area contributed by atoms with Crippen LogP contribution in [0.15, 0.2) is 59.1 Å². The molecule has 0 bridgehead atoms. The molecular formula is C27H29IN4O3. The van der Waals surface area contributed by atoms with Crippen LogP contribution in [0.5, 0.6) is 0 Å². The van der Waals surface area contributed by atoms with Gasteiger partial charge in [-0.25, -0.2) is 0 Å². The zero-order valence-electron chi connectivity index (χ0n) is 20.0. The molecule has 2 aromatic carbocycles. The van der Waals surface area contributed by atoms with E-state index in [9.17, 15) is 4.79 Å². The maximum atomic E-state index is 13.5. The summed E-state index contributed by atoms with van der Waals surface area (Å²) in [6, 6.07) is 16.9. The molecule has 0 spiro atoms. The second-order valence-corrected chi connectivity index (χ2v) is 10.2. The summed E-state index contributed by atoms with van der Waals surface area (Å²) in [6.45, 7) is 3.51. The van der Waals surface area contributed by atoms with Gasteiger partial charge in [0.2, 0.25) is 5.82 Å². The fraction of sp³-hybridized carbons (Fsp3) is 0.370. The van der Waals surface area contributed by atoms with Crippen molar-refractivity contribution in [2.24, 2.45) is 0 Å². The van der Waals surface area contributed by atoms with Crippen LogP contribution in [0.1, 0.15) is 48.5 Å². The smallest absolute Gasteiger partial charge is 0.324 e. The number of carbonyl (C=O) groups excluding carboxylic acids is 1. The lowest BCUT2D eigenvalue weighted by molar-refractivity contribution is 0.0629. The lowest BCUT2D eigenvalue weighted by Crippen LogP contribution is -2.48. The molecule has 7 nitrogen and oxygen atoms in total. The fourth-order valence-corrected chi connectivity index (χ4v) is 5.07. The minimum Gasteiger partial charge on any atom is -0.496 e. The van der Waals surface area contributed by atoms with Crippen LogP contribution in [0.3, 0.4) is 0 Å². The van der Waals surface area contributed by atoms with Gasteiger partial charge in [0, 0.05) is 45.4 Å². The molecule has 2 aliphatic rings. The van der Waals surface area contributed by atoms with Crippen molar-refractivity contribution in [3.05, 3.63) is 69.3 Å². The van der Waals surface area contributed by atoms with Crippen LogP contribution < -0.4 is 4.90 Å². The molecule has 182 valence electrons. The molecule has 0 unspecified atom stereocenters. The van der Waals surface area contributed by atoms with Gasteiger partial charge in [-0.3, -0.25) is 4.79 Å². The zero-order chi connectivity index (χ0) is 24.4. The van der Waals surface area contributed by atoms with Crippen LogP contribution in [-0.2, 0) is 4.74 Å². The topological polar surface area (TPSA) is 71.7 Å². The van der Waals surface area contributed by atoms with Crippen LogP contribution in [0, 0.1) is 3.57 Å². The largest absolute Gasteiger partial charge is 0.496 e. The average Bonchev–Trinajstić information content (AvgIpc) is 3.60. The molecule has 8 heteroatoms. The van der Waals surface area contributed by atoms with Crippen molar-refractivity contribution >= 4 is 40.3 Å². The molecule has 0 radical (unpaired) electrons. The highest BCUT2D eigenvalue weighted by atomic mass is 127. The molecule has 0 N–H and O–H groups in total. The zero-order valence-corrected chi connectivity index (χ0v) is 22.1. The molecule has 2 fully saturated rings. The summed E-state index contributed by atoms with van der Waals surface area (Å²) in [5, 5.41) is 4.18. The van der Waals surface area contributed by atoms with E-state index in [2.05, 4.69) is 42.5 Å². The third-order valence-electron chi connectivity index (χ3n) is 6.72. The Balaban J connectivity index is 1.24. The Kier molecular flexibility index (Phi) is 7.08. The predicted molar refractivity (Wildman–Crippen MR) is 144 cm³/mol. The fourth-order valence-electron chi connectivity index (χ4n) is 4.71. The van der Waals surface area contributed by atoms with E-state index in [1.807, 2.05) is 61.5 Å². The van der Waals surface area contributed by atoms with Crippen molar-refractivity contribution < 1.29 is 14.1 Å². The Labute approximate surface area is 219 Å². The lowest BCUT2D eigenvalue weighted by atomic mass is 10.0. The SMILES string of the molecule is C/C=C(\OC)c1ccc(C(=O)N(C2CC2)C2CCN(c3nc(-c4ccc(I)cc4)no3)CC2)cc1. The number of rotatable bonds is 7. The van der Waals surface area contributed by atoms with Gasteiger partial charge in [-0.15, -0.1) is 0 Å². The van der Waals surface area contributed by atoms with Crippen molar-refractivity contribution in [1.29, 1.82) is 0 Å². The number of hydrogen-bond acceptors (Lipinski definition) is 6. The number of carbonyl (C=O) groups is 1. The van der Waals surface area contributed by atoms with E-state index >= 15 is 0 Å². The Morgan fingerprint density at radius 3 is 2.26 bits per heavy atom. The first kappa shape index (κ1) is 23.8. The molecule has 1 amide bonds. The maximum Gasteiger partial charge on any atom is 0.324 e. The molecule has 5 rings (SSSR count). The third-order valence-corrected chi connectivity index (χ3v) is 7.44. The van der Waals surface area contributed by atoms with Crippen LogP contribution in [0.4, 0.5) is 6.01 Å². The third kappa shape index (κ3) is 5.22. The molecule has 35 heavy (non-hydrogen) atoms. The van der Waals surface area contributed by atoms with Crippen LogP contribution >= 0.6 is 22.6 Å². The summed E-state index contributed by atoms with van der Waals surface area (Å²) in [7, 11) is 1.66. The summed E-state index contributed by atoms with van der Waals surface area (Å²) >= 11 is 2.28. The van der Waals surface area contributed by atoms with E-state index in [0.29, 0.717) is 17.9 Å². The van der Waals surface area contributed by atoms with Gasteiger partial charge < -0.3 is 19.1 Å². The Morgan fingerprint density at radius 1 is 1.03 bits per heavy atom. The standard InChI is InChI=1S/C27H29IN4O3/c1-3-24(34-2)18-4-6-20(7-5-18)26(33)32(22-12-13-22)23-14-16-31(17-15-23)27-29-25(30-35-27)19-8-10-21(28)11-9-19/h3-11,22-23H,12-17H2,1-2H3/b24-3-. The van der Waals surface area contributed by atoms with E-state index < -0.39 is 0 Å². The van der Waals surface area contributed by atoms with Gasteiger partial charge in [0.25, 0.3) is 5.91 Å². The highest BCUT2D eigenvalue weighted by molar-refractivity contribution is 14.1. The molecule has 1 aromatic heterocycles. The van der Waals surface area contributed by atoms with Gasteiger partial charge in [0.15, 0.2) is 0 Å². The van der Waals surface area contributed by atoms with Gasteiger partial charge in [-0.2, -0.15) is 4.98 Å². The van der Waals surface area contributed by atoms with Gasteiger partial charge >= 0.3 is 6.01 Å². The van der Waals surface area contributed by atoms with E-state index in [-0.39, 0.29) is 11.9 Å². The maximum absolute atomic E-state index is 13.5. The summed E-state index contributed by atoms with van der Waals surface area (Å²) in [5.74, 6) is 1.53. The van der Waals surface area contributed by atoms with Crippen molar-refractivity contribution in [3.63, 3.8) is 0 Å². The number of aromatic nitrogens is 2. The molecule has 3 aromatic rings. The number of allylic oxidation sites excluding steroid dienone is 1. The first-order chi connectivity index (χ1) is 17.1. The summed E-state index contributed by atoms with van der Waals surface area (Å²) < 4.78 is 12.1. The molecule has 0 atom stereocenters. The molecular weight excluding hydrogens is 555 g/mol. The number of methoxy groups -OCH3 is 1. The molecule has 2 heterocycles. The van der Waals surface area contributed by atoms with Gasteiger partial charge in [-0.1, -0.05) is 29.4 Å². The van der Waals surface area contributed by atoms with Gasteiger partial charge in [-0.05, 0) is 85.5 Å². The Bertz CT molecular complexity index is 1190. The van der Waals surface area contributed by atoms with Crippen LogP contribution in [-0.4, -0.2) is 53.2 Å². The second kappa shape index (κ2) is 10.4. The van der Waals surface area contributed by atoms with E-state index in [1.165, 1.54) is 3.57 Å². The summed E-state index contributed by atoms with van der Waals surface area (Å²) in [6.07, 6.45) is 5.86. The predicted octanol–water partition coefficient (Wildman–Crippen LogP) is 5.62. The van der Waals surface area contributed by atoms with Gasteiger partial charge in [0.1, 0.15) is 5.76 Å². The number of halogens is 1. The average molecular weight is 584 g/mol. The number of hydrogen-bond donors (Lipinski definition) is 0. The number of piperidine rings is 1. The lowest BCUT2D eigenvalue weighted by Gasteiger charge is -2.38. The molecule has 1 aliphatic heterocycles. The molecule has 1 aliphatic carbocycles. The Hall–Kier alpha value is -2.88. The quantitative estimate of drug-likeness (QED) is 0.265. The number of nitrogens with zero attached hydrogens (tertiary/aromatic N) is 4. The van der Waals surface area contributed by atoms with Gasteiger partial charge in [0.05, 0.1) is 7.11 Å². The van der Waals surface area contributed by atoms with Crippen LogP contribution in [0.2, 0.25) is 0 Å². The highest BCUT2D eigenvalue weighted by Crippen LogP contribution is 2.34. The van der Waals surface area contributed by atoms with E-state index in [1.54, 1.807) is 7.11 Å². The monoisotopic (exact) mass is 584 g/mol. The van der Waals surface area contributed by atoms with Crippen LogP contribution in [0.25, 0.3) is 17.1 Å². The summed E-state index contributed by atoms with van der Waals surface area (Å²) in [5.41, 5.74) is 2.65. The number of ether oxygens (including phenoxy) is 1. The molecule has 1 saturated carbocycles. The first-order valence-electron chi connectivity index (χ1n) is 12.1. The minimum atomic E-state index is 0.121. The van der Waals surface area contributed by atoms with Crippen molar-refractivity contribution in [2.75, 3.05) is 25.1 Å². The normalized spacial score (nSPS) is 16.9. The summed E-state index contributed by atoms with van der Waals surface area (Å²) in [4.78, 5) is 22.4. The number of amides is 1. The van der Waals surface area contributed by atoms with Crippen molar-refractivity contribution in [1.82, 2.24) is 15.0 Å².